The number of amides is 12. The highest BCUT2D eigenvalue weighted by molar-refractivity contribution is 7.99. The fraction of sp³-hybridized carbons (Fsp3) is 0.519. The highest BCUT2D eigenvalue weighted by atomic mass is 32.2. The minimum absolute atomic E-state index is 0.00394. The zero-order valence-corrected chi connectivity index (χ0v) is 70.2. The van der Waals surface area contributed by atoms with E-state index in [1.807, 2.05) is 18.4 Å². The first-order valence-electron chi connectivity index (χ1n) is 40.0. The molecule has 0 unspecified atom stereocenters. The summed E-state index contributed by atoms with van der Waals surface area (Å²) in [6.07, 6.45) is -1.96. The zero-order valence-electron chi connectivity index (χ0n) is 67.8. The third-order valence-corrected chi connectivity index (χ3v) is 24.3. The van der Waals surface area contributed by atoms with Crippen LogP contribution in [-0.4, -0.2) is 262 Å². The highest BCUT2D eigenvalue weighted by Gasteiger charge is 2.49. The fourth-order valence-corrected chi connectivity index (χ4v) is 17.7. The van der Waals surface area contributed by atoms with Crippen molar-refractivity contribution in [2.75, 3.05) is 43.1 Å². The molecule has 41 heteroatoms. The minimum Gasteiger partial charge on any atom is -0.481 e. The number of hydrogen-bond acceptors (Lipinski definition) is 23. The van der Waals surface area contributed by atoms with E-state index in [4.69, 9.17) is 16.9 Å². The Kier molecular flexibility index (Phi) is 36.6. The number of aliphatic hydroxyl groups excluding tert-OH is 1. The number of nitrogens with one attached hydrogen (secondary N) is 12. The quantitative estimate of drug-likeness (QED) is 0.0148. The number of Topliss-reactive ketones (excluding diaryl/α,β-unsaturated/α-hetero) is 2. The lowest BCUT2D eigenvalue weighted by atomic mass is 9.92. The third-order valence-electron chi connectivity index (χ3n) is 21.3. The molecule has 0 spiro atoms. The smallest absolute Gasteiger partial charge is 0.305 e. The van der Waals surface area contributed by atoms with E-state index in [0.717, 1.165) is 24.2 Å². The number of H-pyrrole nitrogens is 1. The number of carbonyl (C=O) groups is 17. The molecule has 122 heavy (non-hydrogen) atoms. The number of fused-ring (bicyclic) bond motifs is 5. The van der Waals surface area contributed by atoms with Crippen molar-refractivity contribution in [2.24, 2.45) is 23.3 Å². The third kappa shape index (κ3) is 28.6. The van der Waals surface area contributed by atoms with Gasteiger partial charge in [0.05, 0.1) is 54.9 Å². The van der Waals surface area contributed by atoms with Crippen molar-refractivity contribution in [3.8, 4) is 0 Å². The van der Waals surface area contributed by atoms with Gasteiger partial charge < -0.3 is 99.8 Å². The molecule has 0 radical (unpaired) electrons. The standard InChI is InChI=1S/C81H107N17O21S3/c1-44(99)68-76(116)89-56(22-23-65(103)104)72(112)90-57(30-46-13-5-4-6-14-46)64(102)31-51(41-121-39-47-15-9-16-48(29-47)40-122-42-52(32-63(101)54(24-28-120-3)88-45(2)100)77(117)98-27-12-21-62(98)78(118)97-26-11-20-61(97)75(115)95-68)70(110)92-60(35-67(107)108)73(113)93-59(33-53-38-85-43-87-53)74(114)96-81(36-49-17-7-8-18-50(49)37-81)79(119)94-55(19-10-25-86-80(83)84)71(111)91-58(69(82)109)34-66(105)106/h4-9,13-18,29,38,43-44,51-52,54-62,68,99H,10-12,19-28,30-37,39-42H2,1-3H3,(H2,82,109)(H,85,87)(H,88,100)(H,89,116)(H,90,112)(H,91,111)(H,92,110)(H,93,113)(H,94,119)(H,95,115)(H,96,114)(H,103,104)(H,105,106)(H,107,108)(H4,83,84,86)/t44-,51+,52+,54+,55+,56+,57+,58+,59+,60+,61+,62+,68+/m1/s1. The van der Waals surface area contributed by atoms with Gasteiger partial charge in [-0.15, -0.1) is 0 Å². The van der Waals surface area contributed by atoms with Crippen molar-refractivity contribution >= 4 is 142 Å². The number of carboxylic acid groups (broad SMARTS) is 3. The number of guanidine groups is 1. The van der Waals surface area contributed by atoms with Crippen LogP contribution in [0.2, 0.25) is 0 Å². The van der Waals surface area contributed by atoms with Crippen LogP contribution in [0.3, 0.4) is 0 Å². The minimum atomic E-state index is -2.07. The van der Waals surface area contributed by atoms with Crippen LogP contribution in [0.15, 0.2) is 91.4 Å². The van der Waals surface area contributed by atoms with Gasteiger partial charge in [0.2, 0.25) is 70.9 Å². The number of aromatic nitrogens is 2. The molecule has 20 N–H and O–H groups in total. The zero-order chi connectivity index (χ0) is 88.9. The van der Waals surface area contributed by atoms with Gasteiger partial charge in [-0.2, -0.15) is 35.3 Å². The lowest BCUT2D eigenvalue weighted by Crippen LogP contribution is -2.66. The van der Waals surface area contributed by atoms with E-state index in [1.54, 1.807) is 66.7 Å². The Morgan fingerprint density at radius 2 is 1.29 bits per heavy atom. The van der Waals surface area contributed by atoms with Crippen LogP contribution in [0.5, 0.6) is 0 Å². The molecule has 13 atom stereocenters. The van der Waals surface area contributed by atoms with Crippen molar-refractivity contribution in [2.45, 2.75) is 207 Å². The number of thioether (sulfide) groups is 3. The number of carbonyl (C=O) groups excluding carboxylic acids is 14. The second-order valence-corrected chi connectivity index (χ2v) is 33.8. The van der Waals surface area contributed by atoms with Gasteiger partial charge in [0.15, 0.2) is 17.5 Å². The van der Waals surface area contributed by atoms with Crippen molar-refractivity contribution < 1.29 is 102 Å². The summed E-state index contributed by atoms with van der Waals surface area (Å²) < 4.78 is 0. The van der Waals surface area contributed by atoms with Gasteiger partial charge in [-0.1, -0.05) is 78.9 Å². The number of nitrogens with zero attached hydrogens (tertiary/aromatic N) is 3. The number of aliphatic carboxylic acids is 3. The summed E-state index contributed by atoms with van der Waals surface area (Å²) >= 11 is 3.91. The second-order valence-electron chi connectivity index (χ2n) is 30.7. The predicted molar refractivity (Wildman–Crippen MR) is 447 cm³/mol. The molecule has 3 aromatic carbocycles. The first-order valence-corrected chi connectivity index (χ1v) is 43.7. The van der Waals surface area contributed by atoms with Gasteiger partial charge in [0.1, 0.15) is 53.9 Å². The van der Waals surface area contributed by atoms with E-state index in [9.17, 15) is 73.2 Å². The molecular weight excluding hydrogens is 1640 g/mol. The van der Waals surface area contributed by atoms with E-state index >= 15 is 28.8 Å². The molecular formula is C81H107N17O21S3. The van der Waals surface area contributed by atoms with Crippen LogP contribution in [0.1, 0.15) is 131 Å². The molecule has 660 valence electrons. The molecule has 1 aromatic heterocycles. The van der Waals surface area contributed by atoms with Crippen molar-refractivity contribution in [3.63, 3.8) is 0 Å². The normalized spacial score (nSPS) is 21.3. The van der Waals surface area contributed by atoms with Crippen LogP contribution in [0.4, 0.5) is 0 Å². The number of carboxylic acids is 3. The number of nitrogens with two attached hydrogens (primary N) is 2. The summed E-state index contributed by atoms with van der Waals surface area (Å²) in [5, 5.41) is 74.5. The maximum absolute atomic E-state index is 15.4. The first kappa shape index (κ1) is 96.0. The lowest BCUT2D eigenvalue weighted by molar-refractivity contribution is -0.149. The SMILES string of the molecule is CSCC[C@H](NC(C)=O)C(=O)C[C@H]1CSCc2cccc(c2)CSC[C@@H](C(=O)N[C@@H](CC(=O)O)C(=O)N[C@@H](Cc2c[nH]cn2)C(=O)NC2(C(=O)N[C@@H](CCCNC(=N)N)C(=O)N[C@@H](CC(=O)O)C(N)=O)Cc3ccccc3C2)CC(=O)[C@H](Cc2ccccc2)NC(=O)[C@H](CCC(=O)O)NC(=O)[C@H]([C@@H](C)O)NC(=O)[C@@H]2CCCN2C(=O)[C@@H]2CCCN2C1=O. The van der Waals surface area contributed by atoms with E-state index in [1.165, 1.54) is 52.8 Å². The van der Waals surface area contributed by atoms with Crippen LogP contribution in [0, 0.1) is 17.2 Å². The molecule has 2 bridgehead atoms. The first-order chi connectivity index (χ1) is 58.1. The maximum Gasteiger partial charge on any atom is 0.305 e. The summed E-state index contributed by atoms with van der Waals surface area (Å²) in [7, 11) is 0. The van der Waals surface area contributed by atoms with Crippen LogP contribution >= 0.6 is 35.3 Å². The molecule has 1 aliphatic carbocycles. The fourth-order valence-electron chi connectivity index (χ4n) is 15.1. The van der Waals surface area contributed by atoms with Crippen LogP contribution in [0.25, 0.3) is 0 Å². The number of ketones is 2. The molecule has 0 saturated carbocycles. The molecule has 3 aliphatic heterocycles. The molecule has 4 heterocycles. The largest absolute Gasteiger partial charge is 0.481 e. The van der Waals surface area contributed by atoms with Gasteiger partial charge in [-0.3, -0.25) is 86.9 Å². The monoisotopic (exact) mass is 1750 g/mol. The summed E-state index contributed by atoms with van der Waals surface area (Å²) in [4.78, 5) is 250. The average molecular weight is 1750 g/mol. The molecule has 2 saturated heterocycles. The van der Waals surface area contributed by atoms with E-state index in [-0.39, 0.29) is 106 Å². The Hall–Kier alpha value is -11.5. The molecule has 12 amide bonds. The summed E-state index contributed by atoms with van der Waals surface area (Å²) in [5.41, 5.74) is 12.1. The number of benzene rings is 3. The van der Waals surface area contributed by atoms with Crippen molar-refractivity contribution in [3.05, 3.63) is 125 Å². The number of imidazole rings is 1. The number of rotatable bonds is 34. The Morgan fingerprint density at radius 1 is 0.672 bits per heavy atom. The molecule has 4 aromatic rings. The highest BCUT2D eigenvalue weighted by Crippen LogP contribution is 2.33. The van der Waals surface area contributed by atoms with E-state index < -0.39 is 229 Å². The number of aromatic amines is 1. The van der Waals surface area contributed by atoms with Crippen LogP contribution < -0.4 is 64.6 Å². The summed E-state index contributed by atoms with van der Waals surface area (Å²) in [6, 6.07) is 6.41. The Morgan fingerprint density at radius 3 is 1.89 bits per heavy atom. The van der Waals surface area contributed by atoms with E-state index in [2.05, 4.69) is 63.1 Å². The number of aliphatic hydroxyl groups is 1. The van der Waals surface area contributed by atoms with Crippen molar-refractivity contribution in [1.29, 1.82) is 5.41 Å². The van der Waals surface area contributed by atoms with Gasteiger partial charge in [-0.05, 0) is 105 Å². The van der Waals surface area contributed by atoms with Crippen LogP contribution in [-0.2, 0) is 119 Å². The number of primary amides is 1. The predicted octanol–water partition coefficient (Wildman–Crippen LogP) is -1.24. The van der Waals surface area contributed by atoms with Gasteiger partial charge in [0, 0.05) is 94.3 Å². The van der Waals surface area contributed by atoms with Gasteiger partial charge >= 0.3 is 17.9 Å². The molecule has 2 fully saturated rings. The average Bonchev–Trinajstić information content (AvgIpc) is 1.62. The summed E-state index contributed by atoms with van der Waals surface area (Å²) in [6.45, 7) is 2.62. The lowest BCUT2D eigenvalue weighted by Gasteiger charge is -2.33. The van der Waals surface area contributed by atoms with E-state index in [0.29, 0.717) is 40.8 Å². The molecule has 38 nitrogen and oxygen atoms in total. The van der Waals surface area contributed by atoms with Crippen molar-refractivity contribution in [1.82, 2.24) is 72.9 Å². The Labute approximate surface area is 716 Å². The number of hydrogen-bond donors (Lipinski definition) is 18. The van der Waals surface area contributed by atoms with Gasteiger partial charge in [-0.25, -0.2) is 4.98 Å². The topological polar surface area (TPSA) is 602 Å². The molecule has 8 rings (SSSR count). The Balaban J connectivity index is 1.14. The van der Waals surface area contributed by atoms with Gasteiger partial charge in [0.25, 0.3) is 0 Å². The Bertz CT molecular complexity index is 4440. The molecule has 4 aliphatic rings. The maximum atomic E-state index is 15.4. The summed E-state index contributed by atoms with van der Waals surface area (Å²) in [5.74, 6) is -19.5. The second kappa shape index (κ2) is 46.5.